The number of hydrazone groups is 1. The van der Waals surface area contributed by atoms with Gasteiger partial charge in [0.2, 0.25) is 0 Å². The molecule has 1 N–H and O–H groups in total. The number of anilines is 1. The van der Waals surface area contributed by atoms with Gasteiger partial charge in [-0.1, -0.05) is 58.5 Å². The van der Waals surface area contributed by atoms with E-state index in [1.165, 1.54) is 17.2 Å². The third-order valence-electron chi connectivity index (χ3n) is 3.14. The number of nitrogens with zero attached hydrogens (tertiary/aromatic N) is 5. The fourth-order valence-electron chi connectivity index (χ4n) is 1.88. The zero-order valence-corrected chi connectivity index (χ0v) is 16.0. The van der Waals surface area contributed by atoms with Crippen molar-refractivity contribution in [2.24, 2.45) is 10.2 Å². The van der Waals surface area contributed by atoms with Crippen LogP contribution in [0.4, 0.5) is 5.95 Å². The van der Waals surface area contributed by atoms with Crippen molar-refractivity contribution >= 4 is 64.8 Å². The number of nitrogens with one attached hydrogen (secondary N) is 1. The molecule has 2 aromatic carbocycles. The molecule has 3 aromatic rings. The van der Waals surface area contributed by atoms with Gasteiger partial charge < -0.3 is 0 Å². The molecule has 0 atom stereocenters. The van der Waals surface area contributed by atoms with E-state index in [0.717, 1.165) is 0 Å². The molecule has 0 saturated heterocycles. The Bertz CT molecular complexity index is 983. The van der Waals surface area contributed by atoms with Crippen LogP contribution in [0.2, 0.25) is 20.1 Å². The minimum atomic E-state index is 0.313. The SMILES string of the molecule is Clc1ccc(C=NNc2nncn2N=Cc2ccc(Cl)cc2Cl)c(Cl)c1. The standard InChI is InChI=1S/C16H10Cl4N6/c17-12-3-1-10(14(19)5-12)7-21-24-16-25-22-9-26(16)23-8-11-2-4-13(18)6-15(11)20/h1-9H,(H,24,25). The molecule has 0 radical (unpaired) electrons. The minimum Gasteiger partial charge on any atom is -0.244 e. The summed E-state index contributed by atoms with van der Waals surface area (Å²) in [7, 11) is 0. The van der Waals surface area contributed by atoms with Crippen LogP contribution in [0.1, 0.15) is 11.1 Å². The molecule has 10 heteroatoms. The summed E-state index contributed by atoms with van der Waals surface area (Å²) in [5.41, 5.74) is 4.14. The van der Waals surface area contributed by atoms with Gasteiger partial charge >= 0.3 is 0 Å². The molecular formula is C16H10Cl4N6. The first kappa shape index (κ1) is 18.7. The smallest absolute Gasteiger partial charge is 0.244 e. The van der Waals surface area contributed by atoms with Gasteiger partial charge in [-0.25, -0.2) is 5.43 Å². The number of rotatable bonds is 5. The van der Waals surface area contributed by atoms with E-state index in [9.17, 15) is 0 Å². The molecule has 0 bridgehead atoms. The highest BCUT2D eigenvalue weighted by Crippen LogP contribution is 2.20. The summed E-state index contributed by atoms with van der Waals surface area (Å²) < 4.78 is 1.41. The zero-order chi connectivity index (χ0) is 18.5. The normalized spacial score (nSPS) is 11.5. The van der Waals surface area contributed by atoms with Crippen LogP contribution in [0.5, 0.6) is 0 Å². The Balaban J connectivity index is 1.72. The highest BCUT2D eigenvalue weighted by Gasteiger charge is 2.03. The van der Waals surface area contributed by atoms with Crippen LogP contribution in [0, 0.1) is 0 Å². The summed E-state index contributed by atoms with van der Waals surface area (Å²) in [5.74, 6) is 0.313. The van der Waals surface area contributed by atoms with Crippen molar-refractivity contribution < 1.29 is 0 Å². The summed E-state index contributed by atoms with van der Waals surface area (Å²) in [6.07, 6.45) is 4.53. The van der Waals surface area contributed by atoms with Crippen LogP contribution in [-0.2, 0) is 0 Å². The molecule has 132 valence electrons. The lowest BCUT2D eigenvalue weighted by Crippen LogP contribution is -1.99. The van der Waals surface area contributed by atoms with Gasteiger partial charge in [0.15, 0.2) is 0 Å². The second kappa shape index (κ2) is 8.51. The summed E-state index contributed by atoms with van der Waals surface area (Å²) in [6, 6.07) is 10.2. The van der Waals surface area contributed by atoms with E-state index in [1.54, 1.807) is 42.6 Å². The second-order valence-corrected chi connectivity index (χ2v) is 6.63. The fraction of sp³-hybridized carbons (Fsp3) is 0. The van der Waals surface area contributed by atoms with Crippen LogP contribution in [-0.4, -0.2) is 27.3 Å². The van der Waals surface area contributed by atoms with Crippen LogP contribution in [0.25, 0.3) is 0 Å². The Morgan fingerprint density at radius 1 is 0.885 bits per heavy atom. The Morgan fingerprint density at radius 2 is 1.50 bits per heavy atom. The lowest BCUT2D eigenvalue weighted by molar-refractivity contribution is 0.879. The van der Waals surface area contributed by atoms with Crippen LogP contribution < -0.4 is 5.43 Å². The molecule has 0 aliphatic carbocycles. The summed E-state index contributed by atoms with van der Waals surface area (Å²) in [6.45, 7) is 0. The van der Waals surface area contributed by atoms with E-state index >= 15 is 0 Å². The Hall–Kier alpha value is -2.12. The first-order chi connectivity index (χ1) is 12.5. The van der Waals surface area contributed by atoms with Crippen LogP contribution in [0.3, 0.4) is 0 Å². The van der Waals surface area contributed by atoms with Crippen molar-refractivity contribution in [3.05, 3.63) is 73.9 Å². The molecule has 3 rings (SSSR count). The van der Waals surface area contributed by atoms with Crippen molar-refractivity contribution in [3.63, 3.8) is 0 Å². The third kappa shape index (κ3) is 4.74. The quantitative estimate of drug-likeness (QED) is 0.448. The third-order valence-corrected chi connectivity index (χ3v) is 4.27. The molecule has 1 aromatic heterocycles. The second-order valence-electron chi connectivity index (χ2n) is 4.95. The fourth-order valence-corrected chi connectivity index (χ4v) is 2.80. The summed E-state index contributed by atoms with van der Waals surface area (Å²) in [4.78, 5) is 0. The lowest BCUT2D eigenvalue weighted by Gasteiger charge is -2.01. The maximum Gasteiger partial charge on any atom is 0.265 e. The van der Waals surface area contributed by atoms with E-state index in [1.807, 2.05) is 0 Å². The van der Waals surface area contributed by atoms with Crippen molar-refractivity contribution in [2.45, 2.75) is 0 Å². The van der Waals surface area contributed by atoms with Gasteiger partial charge in [-0.2, -0.15) is 14.9 Å². The number of benzene rings is 2. The molecular weight excluding hydrogens is 418 g/mol. The predicted octanol–water partition coefficient (Wildman–Crippen LogP) is 5.22. The molecule has 0 fully saturated rings. The predicted molar refractivity (Wildman–Crippen MR) is 107 cm³/mol. The Kier molecular flexibility index (Phi) is 6.11. The van der Waals surface area contributed by atoms with Gasteiger partial charge in [-0.15, -0.1) is 10.2 Å². The van der Waals surface area contributed by atoms with E-state index in [-0.39, 0.29) is 0 Å². The number of halogens is 4. The molecule has 0 aliphatic rings. The van der Waals surface area contributed by atoms with Crippen molar-refractivity contribution in [1.82, 2.24) is 14.9 Å². The monoisotopic (exact) mass is 426 g/mol. The van der Waals surface area contributed by atoms with E-state index in [0.29, 0.717) is 37.2 Å². The molecule has 0 unspecified atom stereocenters. The van der Waals surface area contributed by atoms with Gasteiger partial charge in [-0.3, -0.25) is 0 Å². The van der Waals surface area contributed by atoms with Crippen molar-refractivity contribution in [2.75, 3.05) is 5.43 Å². The maximum atomic E-state index is 6.11. The van der Waals surface area contributed by atoms with Gasteiger partial charge in [0.05, 0.1) is 22.5 Å². The number of hydrogen-bond donors (Lipinski definition) is 1. The highest BCUT2D eigenvalue weighted by molar-refractivity contribution is 6.36. The molecule has 26 heavy (non-hydrogen) atoms. The minimum absolute atomic E-state index is 0.313. The van der Waals surface area contributed by atoms with Gasteiger partial charge in [-0.05, 0) is 24.3 Å². The largest absolute Gasteiger partial charge is 0.265 e. The van der Waals surface area contributed by atoms with Crippen LogP contribution in [0.15, 0.2) is 52.9 Å². The maximum absolute atomic E-state index is 6.11. The number of aromatic nitrogens is 3. The molecule has 1 heterocycles. The van der Waals surface area contributed by atoms with E-state index in [2.05, 4.69) is 25.8 Å². The molecule has 0 spiro atoms. The van der Waals surface area contributed by atoms with Crippen molar-refractivity contribution in [3.8, 4) is 0 Å². The first-order valence-corrected chi connectivity index (χ1v) is 8.67. The van der Waals surface area contributed by atoms with Gasteiger partial charge in [0.1, 0.15) is 6.33 Å². The van der Waals surface area contributed by atoms with Gasteiger partial charge in [0.25, 0.3) is 5.95 Å². The molecule has 0 saturated carbocycles. The van der Waals surface area contributed by atoms with E-state index in [4.69, 9.17) is 46.4 Å². The average molecular weight is 428 g/mol. The lowest BCUT2D eigenvalue weighted by atomic mass is 10.2. The topological polar surface area (TPSA) is 67.5 Å². The van der Waals surface area contributed by atoms with Crippen LogP contribution >= 0.6 is 46.4 Å². The summed E-state index contributed by atoms with van der Waals surface area (Å²) in [5, 5.41) is 18.1. The molecule has 6 nitrogen and oxygen atoms in total. The van der Waals surface area contributed by atoms with Crippen molar-refractivity contribution in [1.29, 1.82) is 0 Å². The summed E-state index contributed by atoms with van der Waals surface area (Å²) >= 11 is 23.9. The van der Waals surface area contributed by atoms with E-state index < -0.39 is 0 Å². The zero-order valence-electron chi connectivity index (χ0n) is 12.9. The Labute approximate surface area is 169 Å². The first-order valence-electron chi connectivity index (χ1n) is 7.16. The molecule has 0 amide bonds. The van der Waals surface area contributed by atoms with Gasteiger partial charge in [0, 0.05) is 21.2 Å². The number of hydrogen-bond acceptors (Lipinski definition) is 5. The average Bonchev–Trinajstić information content (AvgIpc) is 3.03. The molecule has 0 aliphatic heterocycles. The highest BCUT2D eigenvalue weighted by atomic mass is 35.5. The Morgan fingerprint density at radius 3 is 2.12 bits per heavy atom.